The van der Waals surface area contributed by atoms with Crippen LogP contribution in [0.3, 0.4) is 0 Å². The van der Waals surface area contributed by atoms with E-state index in [4.69, 9.17) is 9.47 Å². The maximum atomic E-state index is 13.3. The van der Waals surface area contributed by atoms with E-state index in [-0.39, 0.29) is 51.6 Å². The number of ether oxygens (including phenoxy) is 2. The van der Waals surface area contributed by atoms with Crippen molar-refractivity contribution in [2.45, 2.75) is 188 Å². The summed E-state index contributed by atoms with van der Waals surface area (Å²) in [6.07, 6.45) is 23.3. The molecule has 1 saturated heterocycles. The monoisotopic (exact) mass is 837 g/mol. The van der Waals surface area contributed by atoms with Gasteiger partial charge >= 0.3 is 5.97 Å². The Kier molecular flexibility index (Phi) is 10.3. The molecule has 10 rings (SSSR count). The lowest BCUT2D eigenvalue weighted by molar-refractivity contribution is -0.378. The van der Waals surface area contributed by atoms with Gasteiger partial charge in [0.2, 0.25) is 0 Å². The summed E-state index contributed by atoms with van der Waals surface area (Å²) >= 11 is 0. The molecule has 8 aliphatic carbocycles. The number of rotatable bonds is 10. The molecule has 4 bridgehead atoms. The fourth-order valence-electron chi connectivity index (χ4n) is 19.6. The van der Waals surface area contributed by atoms with Crippen LogP contribution in [0.4, 0.5) is 0 Å². The first-order valence-corrected chi connectivity index (χ1v) is 25.4. The molecule has 1 aromatic rings. The van der Waals surface area contributed by atoms with Crippen LogP contribution in [-0.4, -0.2) is 53.5 Å². The first-order valence-electron chi connectivity index (χ1n) is 25.4. The molecule has 336 valence electrons. The van der Waals surface area contributed by atoms with Gasteiger partial charge in [-0.1, -0.05) is 90.0 Å². The second-order valence-corrected chi connectivity index (χ2v) is 24.5. The van der Waals surface area contributed by atoms with Gasteiger partial charge in [-0.15, -0.1) is 5.92 Å². The van der Waals surface area contributed by atoms with Gasteiger partial charge in [0.15, 0.2) is 5.79 Å². The molecule has 7 saturated carbocycles. The SMILES string of the molecule is COCCc1ccc(C[C@@H]2O[C@@]3(O)C[C@@H]4CC[C@H]5C[C@]67CC[C@@H](CCC8CCCC8)CC#C[C@@]8(CC[C@]2([C@H]3C)[C@]4(CO)[C@]58C)[C@@]6(C)CC[C@@]2(C)CC[C@@](C)(C(=O)O)C[C@H]27)cc1. The van der Waals surface area contributed by atoms with Crippen molar-refractivity contribution in [3.8, 4) is 11.8 Å². The average Bonchev–Trinajstić information content (AvgIpc) is 3.81. The number of carboxylic acids is 1. The van der Waals surface area contributed by atoms with Gasteiger partial charge in [0.05, 0.1) is 24.7 Å². The van der Waals surface area contributed by atoms with E-state index in [0.29, 0.717) is 30.8 Å². The van der Waals surface area contributed by atoms with Crippen molar-refractivity contribution in [2.75, 3.05) is 20.3 Å². The minimum Gasteiger partial charge on any atom is -0.481 e. The van der Waals surface area contributed by atoms with Gasteiger partial charge in [-0.2, -0.15) is 0 Å². The van der Waals surface area contributed by atoms with Gasteiger partial charge in [-0.25, -0.2) is 0 Å². The topological polar surface area (TPSA) is 96.2 Å². The number of aliphatic hydroxyl groups is 2. The van der Waals surface area contributed by atoms with Gasteiger partial charge in [-0.3, -0.25) is 4.79 Å². The summed E-state index contributed by atoms with van der Waals surface area (Å²) in [6, 6.07) is 8.99. The molecule has 61 heavy (non-hydrogen) atoms. The van der Waals surface area contributed by atoms with E-state index in [1.165, 1.54) is 62.5 Å². The highest BCUT2D eigenvalue weighted by molar-refractivity contribution is 5.74. The van der Waals surface area contributed by atoms with Crippen LogP contribution in [0.2, 0.25) is 0 Å². The predicted molar refractivity (Wildman–Crippen MR) is 239 cm³/mol. The van der Waals surface area contributed by atoms with Crippen LogP contribution in [0, 0.1) is 90.7 Å². The fraction of sp³-hybridized carbons (Fsp3) is 0.836. The quantitative estimate of drug-likeness (QED) is 0.203. The summed E-state index contributed by atoms with van der Waals surface area (Å²) in [6.45, 7) is 13.1. The first-order chi connectivity index (χ1) is 29.1. The number of aliphatic carboxylic acids is 1. The lowest BCUT2D eigenvalue weighted by Crippen LogP contribution is -2.82. The van der Waals surface area contributed by atoms with Crippen molar-refractivity contribution in [3.63, 3.8) is 0 Å². The third-order valence-corrected chi connectivity index (χ3v) is 23.1. The zero-order valence-electron chi connectivity index (χ0n) is 38.9. The highest BCUT2D eigenvalue weighted by Crippen LogP contribution is 2.91. The first kappa shape index (κ1) is 43.0. The number of aliphatic hydroxyl groups excluding tert-OH is 1. The molecule has 0 unspecified atom stereocenters. The van der Waals surface area contributed by atoms with Crippen molar-refractivity contribution in [3.05, 3.63) is 35.4 Å². The molecule has 0 radical (unpaired) electrons. The molecule has 2 spiro atoms. The molecule has 0 amide bonds. The molecule has 1 aromatic carbocycles. The van der Waals surface area contributed by atoms with Crippen LogP contribution >= 0.6 is 0 Å². The van der Waals surface area contributed by atoms with E-state index in [0.717, 1.165) is 89.4 Å². The minimum absolute atomic E-state index is 0.0307. The Morgan fingerprint density at radius 3 is 2.26 bits per heavy atom. The van der Waals surface area contributed by atoms with E-state index in [2.05, 4.69) is 70.7 Å². The number of carbonyl (C=O) groups is 1. The van der Waals surface area contributed by atoms with Crippen LogP contribution in [-0.2, 0) is 27.1 Å². The average molecular weight is 837 g/mol. The Bertz CT molecular complexity index is 1930. The largest absolute Gasteiger partial charge is 0.481 e. The van der Waals surface area contributed by atoms with Crippen LogP contribution in [0.25, 0.3) is 0 Å². The summed E-state index contributed by atoms with van der Waals surface area (Å²) in [7, 11) is 1.76. The predicted octanol–water partition coefficient (Wildman–Crippen LogP) is 11.2. The van der Waals surface area contributed by atoms with E-state index in [1.807, 2.05) is 0 Å². The molecule has 1 aliphatic heterocycles. The molecule has 3 N–H and O–H groups in total. The maximum Gasteiger partial charge on any atom is 0.309 e. The van der Waals surface area contributed by atoms with Crippen molar-refractivity contribution in [1.82, 2.24) is 0 Å². The van der Waals surface area contributed by atoms with E-state index >= 15 is 0 Å². The number of hydrogen-bond acceptors (Lipinski definition) is 5. The Morgan fingerprint density at radius 2 is 1.54 bits per heavy atom. The van der Waals surface area contributed by atoms with Gasteiger partial charge in [0.25, 0.3) is 0 Å². The lowest BCUT2D eigenvalue weighted by Gasteiger charge is -2.85. The molecule has 15 atom stereocenters. The van der Waals surface area contributed by atoms with Gasteiger partial charge in [0, 0.05) is 42.1 Å². The Labute approximate surface area is 368 Å². The summed E-state index contributed by atoms with van der Waals surface area (Å²) in [4.78, 5) is 13.3. The molecule has 8 fully saturated rings. The molecule has 6 heteroatoms. The highest BCUT2D eigenvalue weighted by Gasteiger charge is 2.89. The number of methoxy groups -OCH3 is 1. The zero-order valence-corrected chi connectivity index (χ0v) is 38.9. The number of fused-ring (bicyclic) bond motifs is 2. The zero-order chi connectivity index (χ0) is 42.9. The van der Waals surface area contributed by atoms with Crippen molar-refractivity contribution in [2.24, 2.45) is 78.8 Å². The minimum atomic E-state index is -1.21. The molecule has 6 nitrogen and oxygen atoms in total. The smallest absolute Gasteiger partial charge is 0.309 e. The number of benzene rings is 1. The second-order valence-electron chi connectivity index (χ2n) is 24.5. The Balaban J connectivity index is 1.14. The molecule has 9 aliphatic rings. The van der Waals surface area contributed by atoms with E-state index < -0.39 is 28.0 Å². The van der Waals surface area contributed by atoms with Crippen molar-refractivity contribution in [1.29, 1.82) is 0 Å². The molecular weight excluding hydrogens is 757 g/mol. The van der Waals surface area contributed by atoms with Crippen LogP contribution in [0.1, 0.15) is 174 Å². The van der Waals surface area contributed by atoms with Crippen LogP contribution < -0.4 is 0 Å². The molecule has 0 aromatic heterocycles. The Hall–Kier alpha value is -1.91. The summed E-state index contributed by atoms with van der Waals surface area (Å²) in [5.74, 6) is 8.88. The van der Waals surface area contributed by atoms with Gasteiger partial charge in [0.1, 0.15) is 0 Å². The van der Waals surface area contributed by atoms with Crippen LogP contribution in [0.15, 0.2) is 24.3 Å². The molecular formula is C55H80O6. The van der Waals surface area contributed by atoms with Gasteiger partial charge < -0.3 is 24.8 Å². The van der Waals surface area contributed by atoms with Crippen molar-refractivity contribution >= 4 is 5.97 Å². The number of carboxylic acid groups (broad SMARTS) is 1. The maximum absolute atomic E-state index is 13.3. The van der Waals surface area contributed by atoms with E-state index in [9.17, 15) is 20.1 Å². The highest BCUT2D eigenvalue weighted by atomic mass is 16.6. The summed E-state index contributed by atoms with van der Waals surface area (Å²) in [5.41, 5.74) is 0.179. The Morgan fingerprint density at radius 1 is 0.836 bits per heavy atom. The third kappa shape index (κ3) is 5.45. The van der Waals surface area contributed by atoms with E-state index in [1.54, 1.807) is 7.11 Å². The van der Waals surface area contributed by atoms with Gasteiger partial charge in [-0.05, 0) is 166 Å². The lowest BCUT2D eigenvalue weighted by atomic mass is 9.18. The normalized spacial score (nSPS) is 50.8. The summed E-state index contributed by atoms with van der Waals surface area (Å²) < 4.78 is 12.6. The molecule has 1 heterocycles. The standard InChI is InChI=1S/C55H80O6/c1-37-53-30-29-52-23-9-12-39(14-13-38-10-7-8-11-38)21-24-51(44-35-48(3,46(57)58)26-25-47(44,2)27-28-49(51,52)4)33-42-19-20-43(54(53,36-56)50(42,52)5)34-55(37,59)61-45(53)32-41-17-15-40(16-18-41)22-31-60-6/h15-18,37-39,42-45,56,59H,7-8,10-14,19-22,24-36H2,1-6H3,(H,57,58)/t37-,39-,42+,43+,44-,45+,47-,48-,49+,50-,51+,52-,53-,54+,55+/m1/s1. The second kappa shape index (κ2) is 14.5. The number of hydrogen-bond donors (Lipinski definition) is 3. The third-order valence-electron chi connectivity index (χ3n) is 23.1. The van der Waals surface area contributed by atoms with Crippen LogP contribution in [0.5, 0.6) is 0 Å². The summed E-state index contributed by atoms with van der Waals surface area (Å²) in [5, 5.41) is 36.5. The fourth-order valence-corrected chi connectivity index (χ4v) is 19.6. The van der Waals surface area contributed by atoms with Crippen molar-refractivity contribution < 1.29 is 29.6 Å².